The predicted molar refractivity (Wildman–Crippen MR) is 97.0 cm³/mol. The van der Waals surface area contributed by atoms with E-state index in [-0.39, 0.29) is 10.6 Å². The zero-order valence-corrected chi connectivity index (χ0v) is 15.8. The smallest absolute Gasteiger partial charge is 0.320 e. The number of nitrogens with one attached hydrogen (secondary N) is 1. The Balaban J connectivity index is 2.23. The maximum atomic E-state index is 12.6. The Bertz CT molecular complexity index is 968. The van der Waals surface area contributed by atoms with Crippen molar-refractivity contribution < 1.29 is 24.0 Å². The highest BCUT2D eigenvalue weighted by atomic mass is 32.2. The number of rotatable bonds is 4. The number of nitro benzene ring substituents is 1. The molecule has 1 N–H and O–H groups in total. The minimum absolute atomic E-state index is 0.159. The lowest BCUT2D eigenvalue weighted by atomic mass is 9.82. The summed E-state index contributed by atoms with van der Waals surface area (Å²) in [6.45, 7) is 0. The largest absolute Gasteiger partial charge is 0.469 e. The molecule has 2 aromatic rings. The van der Waals surface area contributed by atoms with E-state index >= 15 is 0 Å². The molecule has 27 heavy (non-hydrogen) atoms. The van der Waals surface area contributed by atoms with Crippen molar-refractivity contribution in [1.82, 2.24) is 4.98 Å². The van der Waals surface area contributed by atoms with E-state index < -0.39 is 33.9 Å². The van der Waals surface area contributed by atoms with E-state index in [1.54, 1.807) is 6.07 Å². The molecule has 3 rings (SSSR count). The van der Waals surface area contributed by atoms with Crippen molar-refractivity contribution in [1.29, 1.82) is 0 Å². The Kier molecular flexibility index (Phi) is 5.33. The number of aromatic nitrogens is 1. The third-order valence-electron chi connectivity index (χ3n) is 4.20. The number of nitro groups is 1. The number of ether oxygens (including phenoxy) is 2. The fourth-order valence-electron chi connectivity index (χ4n) is 3.05. The van der Waals surface area contributed by atoms with Crippen LogP contribution in [0.3, 0.4) is 0 Å². The topological polar surface area (TPSA) is 129 Å². The summed E-state index contributed by atoms with van der Waals surface area (Å²) in [4.78, 5) is 50.2. The molecule has 0 saturated heterocycles. The average Bonchev–Trinajstić information content (AvgIpc) is 3.04. The minimum atomic E-state index is -1.01. The summed E-state index contributed by atoms with van der Waals surface area (Å²) in [5, 5.41) is 10.6. The van der Waals surface area contributed by atoms with Crippen molar-refractivity contribution >= 4 is 40.7 Å². The Hall–Kier alpha value is -2.66. The van der Waals surface area contributed by atoms with Gasteiger partial charge in [0.05, 0.1) is 30.1 Å². The Morgan fingerprint density at radius 3 is 2.56 bits per heavy atom. The first kappa shape index (κ1) is 19.1. The first-order chi connectivity index (χ1) is 12.9. The second-order valence-electron chi connectivity index (χ2n) is 5.65. The molecule has 1 aliphatic rings. The first-order valence-electron chi connectivity index (χ1n) is 7.67. The van der Waals surface area contributed by atoms with Crippen LogP contribution in [-0.4, -0.2) is 41.3 Å². The second kappa shape index (κ2) is 7.53. The van der Waals surface area contributed by atoms with Crippen LogP contribution in [-0.2, 0) is 19.1 Å². The molecule has 0 spiro atoms. The van der Waals surface area contributed by atoms with Gasteiger partial charge in [-0.05, 0) is 5.56 Å². The number of esters is 2. The van der Waals surface area contributed by atoms with Crippen LogP contribution in [0, 0.1) is 16.0 Å². The highest BCUT2D eigenvalue weighted by Gasteiger charge is 2.49. The molecule has 9 nitrogen and oxygen atoms in total. The number of thiazole rings is 1. The number of hydrogen-bond donors (Lipinski definition) is 1. The van der Waals surface area contributed by atoms with Gasteiger partial charge in [0.25, 0.3) is 5.69 Å². The Labute approximate surface area is 160 Å². The van der Waals surface area contributed by atoms with Crippen molar-refractivity contribution in [3.05, 3.63) is 54.5 Å². The van der Waals surface area contributed by atoms with Gasteiger partial charge in [-0.25, -0.2) is 0 Å². The first-order valence-corrected chi connectivity index (χ1v) is 9.36. The third-order valence-corrected chi connectivity index (χ3v) is 6.59. The van der Waals surface area contributed by atoms with Crippen molar-refractivity contribution in [3.8, 4) is 0 Å². The van der Waals surface area contributed by atoms with E-state index in [0.29, 0.717) is 15.5 Å². The molecular formula is C16H14N2O7S2. The summed E-state index contributed by atoms with van der Waals surface area (Å²) in [5.41, 5.74) is 0.277. The molecule has 1 aromatic carbocycles. The maximum Gasteiger partial charge on any atom is 0.320 e. The van der Waals surface area contributed by atoms with Gasteiger partial charge in [0, 0.05) is 22.9 Å². The van der Waals surface area contributed by atoms with Gasteiger partial charge in [-0.2, -0.15) is 0 Å². The molecular weight excluding hydrogens is 396 g/mol. The Morgan fingerprint density at radius 1 is 1.22 bits per heavy atom. The van der Waals surface area contributed by atoms with E-state index in [0.717, 1.165) is 23.1 Å². The number of benzene rings is 1. The van der Waals surface area contributed by atoms with Gasteiger partial charge in [-0.1, -0.05) is 35.2 Å². The number of fused-ring (bicyclic) bond motifs is 1. The van der Waals surface area contributed by atoms with Gasteiger partial charge in [0.15, 0.2) is 0 Å². The van der Waals surface area contributed by atoms with Crippen LogP contribution >= 0.6 is 23.1 Å². The van der Waals surface area contributed by atoms with Crippen LogP contribution in [0.4, 0.5) is 5.69 Å². The molecule has 0 saturated carbocycles. The number of thioether (sulfide) groups is 1. The number of nitrogens with zero attached hydrogens (tertiary/aromatic N) is 1. The van der Waals surface area contributed by atoms with E-state index in [2.05, 4.69) is 4.98 Å². The van der Waals surface area contributed by atoms with Gasteiger partial charge in [0.2, 0.25) is 0 Å². The van der Waals surface area contributed by atoms with E-state index in [9.17, 15) is 24.5 Å². The highest BCUT2D eigenvalue weighted by Crippen LogP contribution is 2.50. The van der Waals surface area contributed by atoms with Crippen molar-refractivity contribution in [3.63, 3.8) is 0 Å². The quantitative estimate of drug-likeness (QED) is 0.460. The van der Waals surface area contributed by atoms with Crippen molar-refractivity contribution in [2.24, 2.45) is 5.92 Å². The molecule has 142 valence electrons. The summed E-state index contributed by atoms with van der Waals surface area (Å²) in [5.74, 6) is -3.08. The lowest BCUT2D eigenvalue weighted by Gasteiger charge is -2.33. The molecule has 0 fully saturated rings. The number of hydrogen-bond acceptors (Lipinski definition) is 9. The zero-order chi connectivity index (χ0) is 19.7. The van der Waals surface area contributed by atoms with Gasteiger partial charge in [-0.15, -0.1) is 0 Å². The maximum absolute atomic E-state index is 12.6. The number of H-pyrrole nitrogens is 1. The van der Waals surface area contributed by atoms with Gasteiger partial charge < -0.3 is 14.5 Å². The van der Waals surface area contributed by atoms with Crippen LogP contribution in [0.2, 0.25) is 0 Å². The number of methoxy groups -OCH3 is 2. The van der Waals surface area contributed by atoms with Crippen LogP contribution < -0.4 is 4.87 Å². The zero-order valence-electron chi connectivity index (χ0n) is 14.2. The van der Waals surface area contributed by atoms with Crippen LogP contribution in [0.5, 0.6) is 0 Å². The minimum Gasteiger partial charge on any atom is -0.469 e. The van der Waals surface area contributed by atoms with E-state index in [1.807, 2.05) is 0 Å². The fourth-order valence-corrected chi connectivity index (χ4v) is 5.55. The molecule has 2 heterocycles. The average molecular weight is 410 g/mol. The Morgan fingerprint density at radius 2 is 1.93 bits per heavy atom. The summed E-state index contributed by atoms with van der Waals surface area (Å²) in [7, 11) is 2.40. The normalized spacial score (nSPS) is 21.2. The second-order valence-corrected chi connectivity index (χ2v) is 7.81. The van der Waals surface area contributed by atoms with Crippen molar-refractivity contribution in [2.45, 2.75) is 16.2 Å². The van der Waals surface area contributed by atoms with E-state index in [4.69, 9.17) is 9.47 Å². The molecule has 1 aliphatic heterocycles. The predicted octanol–water partition coefficient (Wildman–Crippen LogP) is 1.91. The number of non-ortho nitro benzene ring substituents is 1. The number of aromatic amines is 1. The molecule has 0 aliphatic carbocycles. The lowest BCUT2D eigenvalue weighted by molar-refractivity contribution is -0.384. The number of carbonyl (C=O) groups excluding carboxylic acids is 2. The van der Waals surface area contributed by atoms with Crippen molar-refractivity contribution in [2.75, 3.05) is 14.2 Å². The van der Waals surface area contributed by atoms with E-state index in [1.165, 1.54) is 32.4 Å². The van der Waals surface area contributed by atoms with Gasteiger partial charge >= 0.3 is 16.8 Å². The molecule has 0 unspecified atom stereocenters. The number of carbonyl (C=O) groups is 2. The fraction of sp³-hybridized carbons (Fsp3) is 0.312. The van der Waals surface area contributed by atoms with Crippen LogP contribution in [0.25, 0.3) is 0 Å². The summed E-state index contributed by atoms with van der Waals surface area (Å²) in [6.07, 6.45) is 0. The summed E-state index contributed by atoms with van der Waals surface area (Å²) < 4.78 is 9.71. The molecule has 3 atom stereocenters. The van der Waals surface area contributed by atoms with Crippen LogP contribution in [0.1, 0.15) is 16.4 Å². The molecule has 1 aromatic heterocycles. The SMILES string of the molecule is COC(=O)[C@H]1[C@@H](c2cccc([N+](=O)[O-])c2)c2sc(=O)[nH]c2S[C@@H]1C(=O)OC. The molecule has 0 bridgehead atoms. The molecule has 0 radical (unpaired) electrons. The van der Waals surface area contributed by atoms with Gasteiger partial charge in [-0.3, -0.25) is 24.5 Å². The summed E-state index contributed by atoms with van der Waals surface area (Å²) in [6, 6.07) is 5.77. The van der Waals surface area contributed by atoms with Crippen LogP contribution in [0.15, 0.2) is 34.1 Å². The highest BCUT2D eigenvalue weighted by molar-refractivity contribution is 8.00. The standard InChI is InChI=1S/C16H14N2O7S2/c1-24-14(19)10-9(7-4-3-5-8(6-7)18(22)23)11-13(17-16(21)27-11)26-12(10)15(20)25-2/h3-6,9-10,12H,1-2H3,(H,17,21)/t9-,10+,12+/m1/s1. The molecule has 0 amide bonds. The lowest BCUT2D eigenvalue weighted by Crippen LogP contribution is -2.40. The van der Waals surface area contributed by atoms with Gasteiger partial charge in [0.1, 0.15) is 5.25 Å². The molecule has 11 heteroatoms. The monoisotopic (exact) mass is 410 g/mol. The third kappa shape index (κ3) is 3.47. The summed E-state index contributed by atoms with van der Waals surface area (Å²) >= 11 is 1.92.